The van der Waals surface area contributed by atoms with Gasteiger partial charge in [0.1, 0.15) is 11.2 Å². The van der Waals surface area contributed by atoms with E-state index in [1.165, 1.54) is 56.8 Å². The summed E-state index contributed by atoms with van der Waals surface area (Å²) in [6.45, 7) is 4.64. The van der Waals surface area contributed by atoms with Crippen molar-refractivity contribution >= 4 is 953 Å². The highest BCUT2D eigenvalue weighted by molar-refractivity contribution is 8.88. The fraction of sp³-hybridized carbons (Fsp3) is 0.0909. The number of fused-ring (bicyclic) bond motifs is 6. The van der Waals surface area contributed by atoms with Crippen LogP contribution in [0.1, 0.15) is 25.0 Å². The van der Waals surface area contributed by atoms with Gasteiger partial charge in [0.25, 0.3) is 0 Å². The van der Waals surface area contributed by atoms with E-state index >= 15 is 0 Å². The molecule has 1 aliphatic rings. The van der Waals surface area contributed by atoms with Crippen LogP contribution in [-0.4, -0.2) is 0 Å². The molecule has 0 amide bonds. The SMILES string of the molecule is CC1(C)c2ccccc2-c2cccc(Nc3ccc(-c4ccc5oc6ccccc6c5c4)cc3)c21.S=S=S=S=S=S=S=S=S=S=S=S=S=S=S=S=S=S=S=S=S=S=S=S=S=S=S=S=S=S=S=S=S=S=S=S=S=S=S=S=S=S=S=S=S=S=S=S=S=S=S=S=S=S=S=S=S=S=S=S=S=S=S=S=S=S=S=S=S=S=S=S=S=S=S=S=S=S=S=S=S=S=S=S=S=S=S=S=S=S=S=S=S=S=S=S=S=S=S=S=S=S=S. The van der Waals surface area contributed by atoms with Gasteiger partial charge in [0.15, 0.2) is 0 Å². The molecule has 0 aliphatic heterocycles. The van der Waals surface area contributed by atoms with E-state index in [2.05, 4.69) is 116 Å². The molecule has 786 valence electrons. The number of nitrogens with one attached hydrogen (secondary N) is 1. The molecule has 1 aliphatic carbocycles. The Labute approximate surface area is 1090 Å². The minimum Gasteiger partial charge on any atom is -0.456 e. The quantitative estimate of drug-likeness (QED) is 0.192. The van der Waals surface area contributed by atoms with Gasteiger partial charge in [0.2, 0.25) is 0 Å². The van der Waals surface area contributed by atoms with E-state index in [-0.39, 0.29) is 5.41 Å². The van der Waals surface area contributed by atoms with Gasteiger partial charge in [-0.1, -0.05) is 86.6 Å². The predicted molar refractivity (Wildman–Crippen MR) is 905 cm³/mol. The Morgan fingerprint density at radius 3 is 0.638 bits per heavy atom. The van der Waals surface area contributed by atoms with Gasteiger partial charge >= 0.3 is 0 Å². The Bertz CT molecular complexity index is 10600. The normalized spacial score (nSPS) is 9.35. The van der Waals surface area contributed by atoms with Crippen molar-refractivity contribution in [1.29, 1.82) is 0 Å². The maximum absolute atomic E-state index is 6.00. The minimum atomic E-state index is -0.0434. The molecule has 5 aromatic carbocycles. The van der Waals surface area contributed by atoms with Crippen molar-refractivity contribution in [3.8, 4) is 22.3 Å². The lowest BCUT2D eigenvalue weighted by molar-refractivity contribution is 0.662. The number of benzene rings is 5. The molecule has 0 atom stereocenters. The van der Waals surface area contributed by atoms with Crippen LogP contribution in [0.25, 0.3) is 44.2 Å². The van der Waals surface area contributed by atoms with Crippen LogP contribution >= 0.6 is 0 Å². The standard InChI is InChI=1S/C33H25NO.S103/c1-33(2)28-11-5-3-8-24(28)26-10-7-12-29(32(26)33)34-23-17-14-21(15-18-23)22-16-19-31-27(20-22)25-9-4-6-13-30(25)35-31;1-3-5-7-9-11-13-15-17-19-21-23-25-27-29-31-33-35-37-39-41-43-45-47-49-51-53-55-57-59-61-63-65-67-69-71-73-75-77-79-81-83-85-87-89-91-93-95-97-99-101-103-102-100-98-96-94-92-90-88-86-84-82-80-78-76-74-72-70-68-66-64-62-60-58-56-54-52-50-48-46-44-42-40-38-36-34-32-30-28-26-24-22-20-18-16-14-12-10-8-6-4-2/h3-20,34H,1-2H3;. The summed E-state index contributed by atoms with van der Waals surface area (Å²) in [5, 5.41) is 6.02. The Kier molecular flexibility index (Phi) is 118. The summed E-state index contributed by atoms with van der Waals surface area (Å²) in [5.74, 6) is 0. The van der Waals surface area contributed by atoms with Crippen molar-refractivity contribution in [3.63, 3.8) is 0 Å². The summed E-state index contributed by atoms with van der Waals surface area (Å²) >= 11 is 9.66. The molecule has 1 aromatic heterocycles. The molecule has 6 aromatic rings. The largest absolute Gasteiger partial charge is 0.456 e. The number of rotatable bonds is 3. The molecule has 7 rings (SSSR count). The molecule has 1 N–H and O–H groups in total. The van der Waals surface area contributed by atoms with Crippen LogP contribution in [0.15, 0.2) is 114 Å². The van der Waals surface area contributed by atoms with Crippen LogP contribution in [0, 0.1) is 0 Å². The number of furan rings is 1. The van der Waals surface area contributed by atoms with Gasteiger partial charge in [0.05, 0.1) is 0 Å². The highest BCUT2D eigenvalue weighted by Crippen LogP contribution is 2.51. The second-order valence-corrected chi connectivity index (χ2v) is 195. The van der Waals surface area contributed by atoms with E-state index in [0.717, 1.165) is 27.6 Å². The molecule has 0 bridgehead atoms. The second kappa shape index (κ2) is 113. The molecule has 0 radical (unpaired) electrons. The van der Waals surface area contributed by atoms with Crippen LogP contribution in [0.5, 0.6) is 0 Å². The monoisotopic (exact) mass is 3740 g/mol. The van der Waals surface area contributed by atoms with Gasteiger partial charge in [-0.2, -0.15) is 0 Å². The predicted octanol–water partition coefficient (Wildman–Crippen LogP) is 9.06. The highest BCUT2D eigenvalue weighted by Gasteiger charge is 2.37. The van der Waals surface area contributed by atoms with Gasteiger partial charge in [0, 0.05) is 947 Å². The van der Waals surface area contributed by atoms with E-state index in [1.54, 1.807) is 107 Å². The van der Waals surface area contributed by atoms with Crippen LogP contribution in [-0.2, 0) is 925 Å². The Hall–Kier alpha value is 18.4. The van der Waals surface area contributed by atoms with E-state index in [4.69, 9.17) is 26.8 Å². The van der Waals surface area contributed by atoms with Gasteiger partial charge < -0.3 is 9.73 Å². The first-order valence-corrected chi connectivity index (χ1v) is 165. The third-order valence-electron chi connectivity index (χ3n) is 10.2. The summed E-state index contributed by atoms with van der Waals surface area (Å²) in [7, 11) is 183. The van der Waals surface area contributed by atoms with E-state index < -0.39 is 0 Å². The average Bonchev–Trinajstić information content (AvgIpc) is 1.57. The van der Waals surface area contributed by atoms with Crippen molar-refractivity contribution in [3.05, 3.63) is 120 Å². The molecule has 105 heteroatoms. The first-order valence-electron chi connectivity index (χ1n) is 29.1. The fourth-order valence-corrected chi connectivity index (χ4v) is 279. The van der Waals surface area contributed by atoms with E-state index in [0.29, 0.717) is 0 Å². The van der Waals surface area contributed by atoms with Crippen molar-refractivity contribution in [2.24, 2.45) is 0 Å². The van der Waals surface area contributed by atoms with Crippen LogP contribution in [0.2, 0.25) is 0 Å². The zero-order valence-corrected chi connectivity index (χ0v) is 146. The second-order valence-electron chi connectivity index (χ2n) is 16.8. The summed E-state index contributed by atoms with van der Waals surface area (Å²) in [6, 6.07) is 38.7. The van der Waals surface area contributed by atoms with Crippen molar-refractivity contribution in [1.82, 2.24) is 0 Å². The first kappa shape index (κ1) is 145. The third kappa shape index (κ3) is 82.8. The average molecular weight is 3750 g/mol. The van der Waals surface area contributed by atoms with Crippen molar-refractivity contribution < 1.29 is 4.42 Å². The minimum absolute atomic E-state index is 0.0434. The van der Waals surface area contributed by atoms with Gasteiger partial charge in [-0.25, -0.2) is 0 Å². The Morgan fingerprint density at radius 1 is 0.188 bits per heavy atom. The van der Waals surface area contributed by atoms with Crippen LogP contribution < -0.4 is 5.32 Å². The number of hydrogen-bond donors (Lipinski definition) is 1. The van der Waals surface area contributed by atoms with Crippen molar-refractivity contribution in [2.75, 3.05) is 5.32 Å². The lowest BCUT2D eigenvalue weighted by Gasteiger charge is -2.24. The molecule has 138 heavy (non-hydrogen) atoms. The third-order valence-corrected chi connectivity index (χ3v) is 232. The summed E-state index contributed by atoms with van der Waals surface area (Å²) in [5.41, 5.74) is 11.9. The zero-order valence-electron chi connectivity index (χ0n) is 61.9. The number of anilines is 2. The smallest absolute Gasteiger partial charge is 0.135 e. The summed E-state index contributed by atoms with van der Waals surface area (Å²) in [4.78, 5) is 0. The van der Waals surface area contributed by atoms with E-state index in [1.807, 2.05) is 785 Å². The molecule has 0 saturated carbocycles. The molecule has 0 saturated heterocycles. The molecule has 0 unspecified atom stereocenters. The maximum atomic E-state index is 6.00. The van der Waals surface area contributed by atoms with Gasteiger partial charge in [-0.05, 0) is 69.8 Å². The molecule has 0 spiro atoms. The van der Waals surface area contributed by atoms with Crippen molar-refractivity contribution in [2.45, 2.75) is 19.3 Å². The molecule has 0 fully saturated rings. The lowest BCUT2D eigenvalue weighted by atomic mass is 9.81. The molecular weight excluding hydrogens is 3730 g/mol. The lowest BCUT2D eigenvalue weighted by Crippen LogP contribution is -2.16. The number of para-hydroxylation sites is 1. The van der Waals surface area contributed by atoms with Crippen LogP contribution in [0.3, 0.4) is 0 Å². The molecular formula is C33H25NOS103. The van der Waals surface area contributed by atoms with E-state index in [9.17, 15) is 0 Å². The van der Waals surface area contributed by atoms with Gasteiger partial charge in [-0.15, -0.1) is 0 Å². The zero-order chi connectivity index (χ0) is 97.0. The first-order chi connectivity index (χ1) is 68.5. The highest BCUT2D eigenvalue weighted by atomic mass is 33.6. The topological polar surface area (TPSA) is 25.2 Å². The van der Waals surface area contributed by atoms with Crippen LogP contribution in [0.4, 0.5) is 11.4 Å². The molecule has 1 heterocycles. The maximum Gasteiger partial charge on any atom is 0.135 e. The Balaban J connectivity index is 0.000000677. The fourth-order valence-electron chi connectivity index (χ4n) is 6.88. The summed E-state index contributed by atoms with van der Waals surface area (Å²) < 4.78 is 6.00. The van der Waals surface area contributed by atoms with Gasteiger partial charge in [-0.3, -0.25) is 0 Å². The Morgan fingerprint density at radius 2 is 0.391 bits per heavy atom. The number of hydrogen-bond acceptors (Lipinski definition) is 4. The summed E-state index contributed by atoms with van der Waals surface area (Å²) in [6.07, 6.45) is 0. The molecule has 2 nitrogen and oxygen atoms in total.